The molecule has 1 amide bonds. The number of aromatic nitrogens is 3. The number of thioether (sulfide) groups is 1. The lowest BCUT2D eigenvalue weighted by atomic mass is 10.2. The predicted octanol–water partition coefficient (Wildman–Crippen LogP) is 4.63. The van der Waals surface area contributed by atoms with Crippen molar-refractivity contribution in [2.45, 2.75) is 5.16 Å². The van der Waals surface area contributed by atoms with Crippen molar-refractivity contribution in [3.8, 4) is 11.4 Å². The Morgan fingerprint density at radius 2 is 2.00 bits per heavy atom. The summed E-state index contributed by atoms with van der Waals surface area (Å²) in [5, 5.41) is 12.3. The largest absolute Gasteiger partial charge is 0.324 e. The van der Waals surface area contributed by atoms with Crippen molar-refractivity contribution >= 4 is 50.9 Å². The maximum Gasteiger partial charge on any atom is 0.234 e. The minimum absolute atomic E-state index is 0.154. The summed E-state index contributed by atoms with van der Waals surface area (Å²) in [6, 6.07) is 15.1. The van der Waals surface area contributed by atoms with Gasteiger partial charge in [0, 0.05) is 17.1 Å². The highest BCUT2D eigenvalue weighted by Crippen LogP contribution is 2.26. The normalized spacial score (nSPS) is 10.7. The molecule has 0 radical (unpaired) electrons. The second-order valence-corrected chi connectivity index (χ2v) is 7.46. The highest BCUT2D eigenvalue weighted by atomic mass is 79.9. The number of hydrogen-bond acceptors (Lipinski definition) is 4. The zero-order valence-electron chi connectivity index (χ0n) is 13.2. The van der Waals surface area contributed by atoms with Crippen molar-refractivity contribution in [3.63, 3.8) is 0 Å². The van der Waals surface area contributed by atoms with Crippen LogP contribution in [0.15, 0.2) is 58.2 Å². The first-order valence-corrected chi connectivity index (χ1v) is 9.53. The molecule has 3 rings (SSSR count). The number of carbonyl (C=O) groups excluding carboxylic acids is 1. The third-order valence-corrected chi connectivity index (χ3v) is 5.23. The molecule has 0 saturated carbocycles. The smallest absolute Gasteiger partial charge is 0.234 e. The van der Waals surface area contributed by atoms with Gasteiger partial charge in [-0.25, -0.2) is 0 Å². The summed E-state index contributed by atoms with van der Waals surface area (Å²) in [7, 11) is 1.88. The van der Waals surface area contributed by atoms with Gasteiger partial charge in [0.15, 0.2) is 11.0 Å². The van der Waals surface area contributed by atoms with Crippen LogP contribution in [0.3, 0.4) is 0 Å². The van der Waals surface area contributed by atoms with E-state index in [1.807, 2.05) is 48.0 Å². The standard InChI is InChI=1S/C17H14BrClN4OS/c1-23-16(11-5-3-2-4-6-11)21-22-17(23)25-10-15(24)20-14-8-7-12(18)9-13(14)19/h2-9H,10H2,1H3,(H,20,24). The molecule has 8 heteroatoms. The lowest BCUT2D eigenvalue weighted by Gasteiger charge is -2.07. The van der Waals surface area contributed by atoms with E-state index in [0.29, 0.717) is 15.9 Å². The third-order valence-electron chi connectivity index (χ3n) is 3.40. The van der Waals surface area contributed by atoms with Gasteiger partial charge in [0.1, 0.15) is 0 Å². The lowest BCUT2D eigenvalue weighted by molar-refractivity contribution is -0.113. The third kappa shape index (κ3) is 4.42. The van der Waals surface area contributed by atoms with Crippen LogP contribution in [0.2, 0.25) is 5.02 Å². The zero-order chi connectivity index (χ0) is 17.8. The molecule has 5 nitrogen and oxygen atoms in total. The number of halogens is 2. The number of nitrogens with one attached hydrogen (secondary N) is 1. The van der Waals surface area contributed by atoms with Crippen LogP contribution < -0.4 is 5.32 Å². The van der Waals surface area contributed by atoms with Crippen molar-refractivity contribution < 1.29 is 4.79 Å². The van der Waals surface area contributed by atoms with Gasteiger partial charge in [0.2, 0.25) is 5.91 Å². The van der Waals surface area contributed by atoms with Gasteiger partial charge >= 0.3 is 0 Å². The number of rotatable bonds is 5. The van der Waals surface area contributed by atoms with Gasteiger partial charge in [0.25, 0.3) is 0 Å². The Morgan fingerprint density at radius 1 is 1.24 bits per heavy atom. The SMILES string of the molecule is Cn1c(SCC(=O)Nc2ccc(Br)cc2Cl)nnc1-c1ccccc1. The van der Waals surface area contributed by atoms with E-state index < -0.39 is 0 Å². The predicted molar refractivity (Wildman–Crippen MR) is 105 cm³/mol. The fourth-order valence-corrected chi connectivity index (χ4v) is 3.62. The van der Waals surface area contributed by atoms with Crippen LogP contribution in [0.25, 0.3) is 11.4 Å². The summed E-state index contributed by atoms with van der Waals surface area (Å²) in [6.07, 6.45) is 0. The van der Waals surface area contributed by atoms with E-state index >= 15 is 0 Å². The molecule has 2 aromatic carbocycles. The zero-order valence-corrected chi connectivity index (χ0v) is 16.4. The van der Waals surface area contributed by atoms with Crippen LogP contribution >= 0.6 is 39.3 Å². The molecule has 0 aliphatic rings. The number of benzene rings is 2. The molecule has 1 aromatic heterocycles. The molecule has 0 saturated heterocycles. The van der Waals surface area contributed by atoms with Crippen molar-refractivity contribution in [2.24, 2.45) is 7.05 Å². The van der Waals surface area contributed by atoms with Gasteiger partial charge in [-0.3, -0.25) is 4.79 Å². The van der Waals surface area contributed by atoms with Crippen LogP contribution in [-0.4, -0.2) is 26.4 Å². The fourth-order valence-electron chi connectivity index (χ4n) is 2.19. The first-order valence-electron chi connectivity index (χ1n) is 7.37. The fraction of sp³-hybridized carbons (Fsp3) is 0.118. The molecule has 0 atom stereocenters. The molecule has 0 unspecified atom stereocenters. The number of nitrogens with zero attached hydrogens (tertiary/aromatic N) is 3. The summed E-state index contributed by atoms with van der Waals surface area (Å²) in [4.78, 5) is 12.2. The summed E-state index contributed by atoms with van der Waals surface area (Å²) in [5.74, 6) is 0.825. The molecule has 1 N–H and O–H groups in total. The van der Waals surface area contributed by atoms with Crippen LogP contribution in [0, 0.1) is 0 Å². The van der Waals surface area contributed by atoms with Gasteiger partial charge in [0.05, 0.1) is 16.5 Å². The molecule has 25 heavy (non-hydrogen) atoms. The lowest BCUT2D eigenvalue weighted by Crippen LogP contribution is -2.14. The van der Waals surface area contributed by atoms with Crippen LogP contribution in [-0.2, 0) is 11.8 Å². The molecule has 0 bridgehead atoms. The van der Waals surface area contributed by atoms with Gasteiger partial charge in [-0.15, -0.1) is 10.2 Å². The molecule has 3 aromatic rings. The molecular formula is C17H14BrClN4OS. The summed E-state index contributed by atoms with van der Waals surface area (Å²) in [6.45, 7) is 0. The van der Waals surface area contributed by atoms with Crippen LogP contribution in [0.5, 0.6) is 0 Å². The molecule has 0 fully saturated rings. The summed E-state index contributed by atoms with van der Waals surface area (Å²) >= 11 is 10.8. The van der Waals surface area contributed by atoms with Crippen molar-refractivity contribution in [1.29, 1.82) is 0 Å². The quantitative estimate of drug-likeness (QED) is 0.591. The van der Waals surface area contributed by atoms with Crippen molar-refractivity contribution in [1.82, 2.24) is 14.8 Å². The van der Waals surface area contributed by atoms with E-state index in [1.54, 1.807) is 12.1 Å². The van der Waals surface area contributed by atoms with E-state index in [-0.39, 0.29) is 11.7 Å². The molecule has 0 aliphatic heterocycles. The molecule has 0 spiro atoms. The first kappa shape index (κ1) is 18.0. The Kier molecular flexibility index (Phi) is 5.78. The molecule has 128 valence electrons. The van der Waals surface area contributed by atoms with Gasteiger partial charge < -0.3 is 9.88 Å². The van der Waals surface area contributed by atoms with Gasteiger partial charge in [-0.05, 0) is 18.2 Å². The topological polar surface area (TPSA) is 59.8 Å². The van der Waals surface area contributed by atoms with Crippen molar-refractivity contribution in [2.75, 3.05) is 11.1 Å². The first-order chi connectivity index (χ1) is 12.0. The second kappa shape index (κ2) is 8.03. The highest BCUT2D eigenvalue weighted by Gasteiger charge is 2.13. The average Bonchev–Trinajstić information content (AvgIpc) is 2.97. The van der Waals surface area contributed by atoms with E-state index in [9.17, 15) is 4.79 Å². The number of anilines is 1. The van der Waals surface area contributed by atoms with E-state index in [1.165, 1.54) is 11.8 Å². The highest BCUT2D eigenvalue weighted by molar-refractivity contribution is 9.10. The Hall–Kier alpha value is -1.83. The van der Waals surface area contributed by atoms with E-state index in [0.717, 1.165) is 15.9 Å². The number of carbonyl (C=O) groups is 1. The minimum atomic E-state index is -0.154. The van der Waals surface area contributed by atoms with Crippen LogP contribution in [0.4, 0.5) is 5.69 Å². The Balaban J connectivity index is 1.64. The number of amides is 1. The minimum Gasteiger partial charge on any atom is -0.324 e. The summed E-state index contributed by atoms with van der Waals surface area (Å²) in [5.41, 5.74) is 1.56. The Morgan fingerprint density at radius 3 is 2.72 bits per heavy atom. The van der Waals surface area contributed by atoms with E-state index in [4.69, 9.17) is 11.6 Å². The maximum atomic E-state index is 12.2. The monoisotopic (exact) mass is 436 g/mol. The van der Waals surface area contributed by atoms with Crippen LogP contribution in [0.1, 0.15) is 0 Å². The average molecular weight is 438 g/mol. The van der Waals surface area contributed by atoms with Gasteiger partial charge in [-0.2, -0.15) is 0 Å². The summed E-state index contributed by atoms with van der Waals surface area (Å²) < 4.78 is 2.73. The van der Waals surface area contributed by atoms with Gasteiger partial charge in [-0.1, -0.05) is 69.6 Å². The molecule has 0 aliphatic carbocycles. The maximum absolute atomic E-state index is 12.2. The Bertz CT molecular complexity index is 901. The Labute approximate surface area is 162 Å². The molecular weight excluding hydrogens is 424 g/mol. The van der Waals surface area contributed by atoms with E-state index in [2.05, 4.69) is 31.4 Å². The number of hydrogen-bond donors (Lipinski definition) is 1. The molecule has 1 heterocycles. The second-order valence-electron chi connectivity index (χ2n) is 5.19. The van der Waals surface area contributed by atoms with Crippen molar-refractivity contribution in [3.05, 3.63) is 58.0 Å².